The molecule has 0 bridgehead atoms. The minimum Gasteiger partial charge on any atom is -0.358 e. The Labute approximate surface area is 212 Å². The number of rotatable bonds is 3. The van der Waals surface area contributed by atoms with Crippen LogP contribution in [0.3, 0.4) is 0 Å². The number of allylic oxidation sites excluding steroid dienone is 1. The molecule has 0 aliphatic heterocycles. The minimum absolute atomic E-state index is 0.0118. The molecule has 2 heteroatoms. The molecule has 0 saturated carbocycles. The molecule has 0 fully saturated rings. The summed E-state index contributed by atoms with van der Waals surface area (Å²) in [5.74, 6) is 0. The van der Waals surface area contributed by atoms with Gasteiger partial charge in [-0.1, -0.05) is 74.5 Å². The van der Waals surface area contributed by atoms with Gasteiger partial charge in [-0.2, -0.15) is 0 Å². The Hall–Kier alpha value is -4.04. The lowest BCUT2D eigenvalue weighted by atomic mass is 9.82. The van der Waals surface area contributed by atoms with Crippen LogP contribution in [0.15, 0.2) is 91.0 Å². The van der Waals surface area contributed by atoms with Gasteiger partial charge >= 0.3 is 0 Å². The van der Waals surface area contributed by atoms with Gasteiger partial charge in [0.2, 0.25) is 0 Å². The molecule has 1 aromatic heterocycles. The largest absolute Gasteiger partial charge is 0.358 e. The number of aromatic nitrogens is 1. The lowest BCUT2D eigenvalue weighted by molar-refractivity contribution is 0.660. The molecule has 0 atom stereocenters. The summed E-state index contributed by atoms with van der Waals surface area (Å²) in [6, 6.07) is 31.5. The van der Waals surface area contributed by atoms with Crippen molar-refractivity contribution < 1.29 is 0 Å². The molecule has 0 saturated heterocycles. The van der Waals surface area contributed by atoms with E-state index >= 15 is 0 Å². The summed E-state index contributed by atoms with van der Waals surface area (Å²) in [4.78, 5) is 5.90. The van der Waals surface area contributed by atoms with Gasteiger partial charge in [-0.25, -0.2) is 0 Å². The summed E-state index contributed by atoms with van der Waals surface area (Å²) in [6.07, 6.45) is 6.78. The number of aryl methyl sites for hydroxylation is 1. The van der Waals surface area contributed by atoms with E-state index in [1.165, 1.54) is 66.9 Å². The van der Waals surface area contributed by atoms with E-state index in [9.17, 15) is 0 Å². The van der Waals surface area contributed by atoms with E-state index < -0.39 is 0 Å². The monoisotopic (exact) mass is 466 g/mol. The zero-order valence-electron chi connectivity index (χ0n) is 21.1. The third kappa shape index (κ3) is 3.10. The predicted octanol–water partition coefficient (Wildman–Crippen LogP) is 8.87. The summed E-state index contributed by atoms with van der Waals surface area (Å²) in [5.41, 5.74) is 14.4. The summed E-state index contributed by atoms with van der Waals surface area (Å²) >= 11 is 0. The molecule has 5 aromatic rings. The minimum atomic E-state index is 0.0118. The lowest BCUT2D eigenvalue weighted by Crippen LogP contribution is -2.16. The molecule has 176 valence electrons. The summed E-state index contributed by atoms with van der Waals surface area (Å²) in [6.45, 7) is 4.68. The molecule has 0 unspecified atom stereocenters. The number of nitrogens with zero attached hydrogens (tertiary/aromatic N) is 1. The number of fused-ring (bicyclic) bond motifs is 6. The van der Waals surface area contributed by atoms with Gasteiger partial charge in [0, 0.05) is 46.0 Å². The summed E-state index contributed by atoms with van der Waals surface area (Å²) < 4.78 is 0. The van der Waals surface area contributed by atoms with Gasteiger partial charge in [0.15, 0.2) is 0 Å². The van der Waals surface area contributed by atoms with Gasteiger partial charge in [0.25, 0.3) is 0 Å². The number of hydrogen-bond acceptors (Lipinski definition) is 1. The van der Waals surface area contributed by atoms with Crippen molar-refractivity contribution in [3.8, 4) is 22.3 Å². The number of H-pyrrole nitrogens is 1. The van der Waals surface area contributed by atoms with E-state index in [-0.39, 0.29) is 5.41 Å². The quantitative estimate of drug-likeness (QED) is 0.281. The van der Waals surface area contributed by atoms with Crippen molar-refractivity contribution in [2.75, 3.05) is 11.9 Å². The van der Waals surface area contributed by atoms with Crippen LogP contribution in [0.25, 0.3) is 39.2 Å². The van der Waals surface area contributed by atoms with Crippen molar-refractivity contribution >= 4 is 28.4 Å². The van der Waals surface area contributed by atoms with Crippen molar-refractivity contribution in [3.05, 3.63) is 113 Å². The summed E-state index contributed by atoms with van der Waals surface area (Å²) in [7, 11) is 2.16. The van der Waals surface area contributed by atoms with E-state index in [1.54, 1.807) is 0 Å². The van der Waals surface area contributed by atoms with Crippen LogP contribution in [-0.2, 0) is 11.8 Å². The second kappa shape index (κ2) is 7.73. The molecular weight excluding hydrogens is 436 g/mol. The Balaban J connectivity index is 1.20. The number of benzene rings is 4. The molecule has 0 radical (unpaired) electrons. The van der Waals surface area contributed by atoms with Crippen molar-refractivity contribution in [3.63, 3.8) is 0 Å². The highest BCUT2D eigenvalue weighted by atomic mass is 15.1. The smallest absolute Gasteiger partial charge is 0.0462 e. The second-order valence-corrected chi connectivity index (χ2v) is 10.7. The highest BCUT2D eigenvalue weighted by Crippen LogP contribution is 2.49. The maximum atomic E-state index is 3.61. The van der Waals surface area contributed by atoms with Crippen LogP contribution in [0.4, 0.5) is 11.4 Å². The molecule has 36 heavy (non-hydrogen) atoms. The van der Waals surface area contributed by atoms with Gasteiger partial charge in [-0.05, 0) is 82.6 Å². The maximum absolute atomic E-state index is 3.61. The third-order valence-corrected chi connectivity index (χ3v) is 8.31. The molecule has 4 aromatic carbocycles. The fourth-order valence-corrected chi connectivity index (χ4v) is 6.19. The third-order valence-electron chi connectivity index (χ3n) is 8.31. The maximum Gasteiger partial charge on any atom is 0.0462 e. The van der Waals surface area contributed by atoms with E-state index in [4.69, 9.17) is 0 Å². The normalized spacial score (nSPS) is 15.0. The topological polar surface area (TPSA) is 19.0 Å². The first-order valence-electron chi connectivity index (χ1n) is 12.9. The van der Waals surface area contributed by atoms with Crippen LogP contribution in [0, 0.1) is 0 Å². The highest BCUT2D eigenvalue weighted by Gasteiger charge is 2.35. The van der Waals surface area contributed by atoms with E-state index in [0.29, 0.717) is 0 Å². The average molecular weight is 467 g/mol. The van der Waals surface area contributed by atoms with Crippen molar-refractivity contribution in [2.24, 2.45) is 0 Å². The number of hydrogen-bond donors (Lipinski definition) is 1. The van der Waals surface area contributed by atoms with Crippen molar-refractivity contribution in [2.45, 2.75) is 32.1 Å². The second-order valence-electron chi connectivity index (χ2n) is 10.7. The molecule has 2 nitrogen and oxygen atoms in total. The zero-order chi connectivity index (χ0) is 24.4. The zero-order valence-corrected chi connectivity index (χ0v) is 21.1. The van der Waals surface area contributed by atoms with E-state index in [0.717, 1.165) is 12.8 Å². The van der Waals surface area contributed by atoms with Gasteiger partial charge in [-0.15, -0.1) is 0 Å². The highest BCUT2D eigenvalue weighted by molar-refractivity contribution is 5.94. The van der Waals surface area contributed by atoms with Crippen LogP contribution in [0.2, 0.25) is 0 Å². The molecule has 0 amide bonds. The fraction of sp³-hybridized carbons (Fsp3) is 0.176. The fourth-order valence-electron chi connectivity index (χ4n) is 6.19. The van der Waals surface area contributed by atoms with Gasteiger partial charge in [0.1, 0.15) is 0 Å². The van der Waals surface area contributed by atoms with Gasteiger partial charge in [-0.3, -0.25) is 0 Å². The molecule has 1 N–H and O–H groups in total. The Morgan fingerprint density at radius 2 is 1.50 bits per heavy atom. The SMILES string of the molecule is CN(c1ccc(-c2ccc3[nH]c4c(c3c2)C=CCC4)cc1)c1ccc2c(c1)C(C)(C)c1ccccc1-2. The Kier molecular flexibility index (Phi) is 4.56. The molecule has 2 aliphatic rings. The van der Waals surface area contributed by atoms with E-state index in [1.807, 2.05) is 0 Å². The van der Waals surface area contributed by atoms with Crippen molar-refractivity contribution in [1.29, 1.82) is 0 Å². The molecule has 2 aliphatic carbocycles. The Morgan fingerprint density at radius 1 is 0.750 bits per heavy atom. The van der Waals surface area contributed by atoms with Crippen LogP contribution in [0.5, 0.6) is 0 Å². The van der Waals surface area contributed by atoms with Gasteiger partial charge in [0.05, 0.1) is 0 Å². The standard InChI is InChI=1S/C34H30N2/c1-34(2)30-10-6-4-8-26(30)27-18-17-25(21-31(27)34)36(3)24-15-12-22(13-16-24)23-14-19-33-29(20-23)28-9-5-7-11-32(28)35-33/h4-6,8-10,12-21,35H,7,11H2,1-3H3. The molecular formula is C34H30N2. The van der Waals surface area contributed by atoms with E-state index in [2.05, 4.69) is 128 Å². The average Bonchev–Trinajstić information content (AvgIpc) is 3.40. The molecule has 7 rings (SSSR count). The van der Waals surface area contributed by atoms with Crippen LogP contribution in [-0.4, -0.2) is 12.0 Å². The first-order chi connectivity index (χ1) is 17.5. The molecule has 1 heterocycles. The van der Waals surface area contributed by atoms with Gasteiger partial charge < -0.3 is 9.88 Å². The van der Waals surface area contributed by atoms with Crippen LogP contribution >= 0.6 is 0 Å². The first-order valence-corrected chi connectivity index (χ1v) is 12.9. The summed E-state index contributed by atoms with van der Waals surface area (Å²) in [5, 5.41) is 1.32. The number of anilines is 2. The van der Waals surface area contributed by atoms with Crippen LogP contribution < -0.4 is 4.90 Å². The number of nitrogens with one attached hydrogen (secondary N) is 1. The number of aromatic amines is 1. The molecule has 0 spiro atoms. The Morgan fingerprint density at radius 3 is 2.36 bits per heavy atom. The predicted molar refractivity (Wildman–Crippen MR) is 153 cm³/mol. The van der Waals surface area contributed by atoms with Crippen molar-refractivity contribution in [1.82, 2.24) is 4.98 Å². The first kappa shape index (κ1) is 21.3. The Bertz CT molecular complexity index is 1660. The van der Waals surface area contributed by atoms with Crippen LogP contribution in [0.1, 0.15) is 42.7 Å². The lowest BCUT2D eigenvalue weighted by Gasteiger charge is -2.25.